The van der Waals surface area contributed by atoms with Crippen LogP contribution < -0.4 is 5.32 Å². The minimum Gasteiger partial charge on any atom is -0.383 e. The zero-order valence-electron chi connectivity index (χ0n) is 10.3. The largest absolute Gasteiger partial charge is 0.383 e. The molecule has 0 bridgehead atoms. The van der Waals surface area contributed by atoms with E-state index in [4.69, 9.17) is 4.74 Å². The summed E-state index contributed by atoms with van der Waals surface area (Å²) >= 11 is 0. The second-order valence-corrected chi connectivity index (χ2v) is 3.75. The molecule has 1 heterocycles. The number of methoxy groups -OCH3 is 1. The molecule has 0 aromatic carbocycles. The lowest BCUT2D eigenvalue weighted by molar-refractivity contribution is 0.199. The maximum absolute atomic E-state index is 4.96. The van der Waals surface area contributed by atoms with Gasteiger partial charge in [0.25, 0.3) is 0 Å². The Kier molecular flexibility index (Phi) is 6.76. The predicted octanol–water partition coefficient (Wildman–Crippen LogP) is 0.857. The van der Waals surface area contributed by atoms with Gasteiger partial charge in [-0.25, -0.2) is 4.98 Å². The molecule has 0 fully saturated rings. The summed E-state index contributed by atoms with van der Waals surface area (Å²) in [6, 6.07) is 0. The van der Waals surface area contributed by atoms with Crippen LogP contribution in [-0.4, -0.2) is 41.6 Å². The fraction of sp³-hybridized carbons (Fsp3) is 0.818. The highest BCUT2D eigenvalue weighted by Gasteiger charge is 2.02. The first-order valence-electron chi connectivity index (χ1n) is 5.94. The summed E-state index contributed by atoms with van der Waals surface area (Å²) in [4.78, 5) is 4.27. The van der Waals surface area contributed by atoms with Crippen molar-refractivity contribution >= 4 is 0 Å². The van der Waals surface area contributed by atoms with Crippen LogP contribution in [0.25, 0.3) is 0 Å². The molecule has 16 heavy (non-hydrogen) atoms. The number of hydrogen-bond donors (Lipinski definition) is 1. The van der Waals surface area contributed by atoms with Crippen molar-refractivity contribution in [3.8, 4) is 0 Å². The van der Waals surface area contributed by atoms with Crippen molar-refractivity contribution in [2.75, 3.05) is 26.8 Å². The van der Waals surface area contributed by atoms with E-state index in [1.807, 2.05) is 4.68 Å². The van der Waals surface area contributed by atoms with Gasteiger partial charge >= 0.3 is 0 Å². The third kappa shape index (κ3) is 4.72. The van der Waals surface area contributed by atoms with Crippen molar-refractivity contribution in [1.82, 2.24) is 20.1 Å². The maximum Gasteiger partial charge on any atom is 0.138 e. The van der Waals surface area contributed by atoms with Gasteiger partial charge < -0.3 is 10.1 Å². The van der Waals surface area contributed by atoms with Crippen LogP contribution in [0.15, 0.2) is 6.33 Å². The molecule has 92 valence electrons. The van der Waals surface area contributed by atoms with Gasteiger partial charge in [-0.3, -0.25) is 4.68 Å². The molecule has 0 saturated carbocycles. The Labute approximate surface area is 97.2 Å². The fourth-order valence-electron chi connectivity index (χ4n) is 1.55. The van der Waals surface area contributed by atoms with E-state index >= 15 is 0 Å². The zero-order valence-corrected chi connectivity index (χ0v) is 10.3. The molecule has 5 nitrogen and oxygen atoms in total. The second-order valence-electron chi connectivity index (χ2n) is 3.75. The number of aryl methyl sites for hydroxylation is 2. The SMILES string of the molecule is CCCn1ncnc1CCCNCCOC. The number of hydrogen-bond acceptors (Lipinski definition) is 4. The molecule has 1 aromatic rings. The average Bonchev–Trinajstić information content (AvgIpc) is 2.72. The Morgan fingerprint density at radius 1 is 1.44 bits per heavy atom. The van der Waals surface area contributed by atoms with Gasteiger partial charge in [0.2, 0.25) is 0 Å². The summed E-state index contributed by atoms with van der Waals surface area (Å²) in [5.74, 6) is 1.09. The van der Waals surface area contributed by atoms with Crippen molar-refractivity contribution in [2.24, 2.45) is 0 Å². The van der Waals surface area contributed by atoms with Crippen molar-refractivity contribution < 1.29 is 4.74 Å². The van der Waals surface area contributed by atoms with Crippen molar-refractivity contribution in [3.63, 3.8) is 0 Å². The molecule has 0 atom stereocenters. The van der Waals surface area contributed by atoms with Crippen LogP contribution in [0.2, 0.25) is 0 Å². The first-order valence-corrected chi connectivity index (χ1v) is 5.94. The Morgan fingerprint density at radius 2 is 2.31 bits per heavy atom. The lowest BCUT2D eigenvalue weighted by Gasteiger charge is -2.05. The number of rotatable bonds is 9. The second kappa shape index (κ2) is 8.24. The van der Waals surface area contributed by atoms with E-state index in [1.165, 1.54) is 0 Å². The van der Waals surface area contributed by atoms with Gasteiger partial charge in [-0.05, 0) is 19.4 Å². The standard InChI is InChI=1S/C11H22N4O/c1-3-8-15-11(13-10-14-15)5-4-6-12-7-9-16-2/h10,12H,3-9H2,1-2H3. The van der Waals surface area contributed by atoms with Gasteiger partial charge in [-0.1, -0.05) is 6.92 Å². The molecule has 0 aliphatic rings. The minimum atomic E-state index is 0.770. The van der Waals surface area contributed by atoms with E-state index < -0.39 is 0 Å². The number of ether oxygens (including phenoxy) is 1. The van der Waals surface area contributed by atoms with E-state index in [0.29, 0.717) is 0 Å². The zero-order chi connectivity index (χ0) is 11.6. The van der Waals surface area contributed by atoms with E-state index in [9.17, 15) is 0 Å². The molecule has 0 aliphatic heterocycles. The third-order valence-corrected chi connectivity index (χ3v) is 2.37. The van der Waals surface area contributed by atoms with Gasteiger partial charge in [0.15, 0.2) is 0 Å². The third-order valence-electron chi connectivity index (χ3n) is 2.37. The summed E-state index contributed by atoms with van der Waals surface area (Å²) in [6.45, 7) is 5.80. The molecule has 0 saturated heterocycles. The molecule has 1 aromatic heterocycles. The van der Waals surface area contributed by atoms with Crippen LogP contribution in [-0.2, 0) is 17.7 Å². The molecule has 0 amide bonds. The average molecular weight is 226 g/mol. The van der Waals surface area contributed by atoms with E-state index in [1.54, 1.807) is 13.4 Å². The Bertz CT molecular complexity index is 275. The molecular formula is C11H22N4O. The first kappa shape index (κ1) is 13.1. The minimum absolute atomic E-state index is 0.770. The van der Waals surface area contributed by atoms with Gasteiger partial charge in [0.1, 0.15) is 12.2 Å². The molecule has 0 unspecified atom stereocenters. The van der Waals surface area contributed by atoms with Crippen LogP contribution in [0, 0.1) is 0 Å². The summed E-state index contributed by atoms with van der Waals surface area (Å²) in [6.07, 6.45) is 4.82. The number of aromatic nitrogens is 3. The highest BCUT2D eigenvalue weighted by atomic mass is 16.5. The van der Waals surface area contributed by atoms with Crippen LogP contribution in [0.5, 0.6) is 0 Å². The van der Waals surface area contributed by atoms with Crippen molar-refractivity contribution in [1.29, 1.82) is 0 Å². The van der Waals surface area contributed by atoms with Gasteiger partial charge in [-0.15, -0.1) is 0 Å². The van der Waals surface area contributed by atoms with Crippen molar-refractivity contribution in [3.05, 3.63) is 12.2 Å². The molecular weight excluding hydrogens is 204 g/mol. The Balaban J connectivity index is 2.13. The van der Waals surface area contributed by atoms with Crippen LogP contribution >= 0.6 is 0 Å². The molecule has 1 rings (SSSR count). The highest BCUT2D eigenvalue weighted by molar-refractivity contribution is 4.84. The molecule has 1 N–H and O–H groups in total. The van der Waals surface area contributed by atoms with E-state index in [0.717, 1.165) is 51.3 Å². The first-order chi connectivity index (χ1) is 7.88. The number of nitrogens with zero attached hydrogens (tertiary/aromatic N) is 3. The predicted molar refractivity (Wildman–Crippen MR) is 63.4 cm³/mol. The normalized spacial score (nSPS) is 10.9. The topological polar surface area (TPSA) is 52.0 Å². The fourth-order valence-corrected chi connectivity index (χ4v) is 1.55. The van der Waals surface area contributed by atoms with E-state index in [2.05, 4.69) is 22.3 Å². The van der Waals surface area contributed by atoms with Crippen LogP contribution in [0.1, 0.15) is 25.6 Å². The summed E-state index contributed by atoms with van der Waals surface area (Å²) in [5.41, 5.74) is 0. The van der Waals surface area contributed by atoms with Gasteiger partial charge in [-0.2, -0.15) is 5.10 Å². The maximum atomic E-state index is 4.96. The summed E-state index contributed by atoms with van der Waals surface area (Å²) in [5, 5.41) is 7.52. The van der Waals surface area contributed by atoms with Gasteiger partial charge in [0.05, 0.1) is 6.61 Å². The lowest BCUT2D eigenvalue weighted by Crippen LogP contribution is -2.21. The Hall–Kier alpha value is -0.940. The smallest absolute Gasteiger partial charge is 0.138 e. The van der Waals surface area contributed by atoms with E-state index in [-0.39, 0.29) is 0 Å². The Morgan fingerprint density at radius 3 is 3.06 bits per heavy atom. The lowest BCUT2D eigenvalue weighted by atomic mass is 10.3. The van der Waals surface area contributed by atoms with Crippen molar-refractivity contribution in [2.45, 2.75) is 32.7 Å². The van der Waals surface area contributed by atoms with Crippen LogP contribution in [0.3, 0.4) is 0 Å². The highest BCUT2D eigenvalue weighted by Crippen LogP contribution is 1.99. The van der Waals surface area contributed by atoms with Crippen LogP contribution in [0.4, 0.5) is 0 Å². The monoisotopic (exact) mass is 226 g/mol. The van der Waals surface area contributed by atoms with Gasteiger partial charge in [0, 0.05) is 26.6 Å². The quantitative estimate of drug-likeness (QED) is 0.634. The molecule has 0 radical (unpaired) electrons. The molecule has 0 spiro atoms. The molecule has 0 aliphatic carbocycles. The summed E-state index contributed by atoms with van der Waals surface area (Å²) < 4.78 is 6.95. The number of nitrogens with one attached hydrogen (secondary N) is 1. The molecule has 5 heteroatoms. The summed E-state index contributed by atoms with van der Waals surface area (Å²) in [7, 11) is 1.72.